The van der Waals surface area contributed by atoms with E-state index in [1.165, 1.54) is 116 Å². The van der Waals surface area contributed by atoms with Crippen molar-refractivity contribution in [3.05, 3.63) is 36.5 Å². The van der Waals surface area contributed by atoms with Crippen LogP contribution in [-0.2, 0) is 42.9 Å². The Morgan fingerprint density at radius 3 is 1.29 bits per heavy atom. The summed E-state index contributed by atoms with van der Waals surface area (Å²) in [6.45, 7) is 5.96. The van der Waals surface area contributed by atoms with Gasteiger partial charge in [0, 0.05) is 19.3 Å². The number of aliphatic hydroxyl groups is 2. The average molecular weight is 1030 g/mol. The molecule has 0 aliphatic carbocycles. The molecule has 1 saturated heterocycles. The molecule has 0 aromatic carbocycles. The van der Waals surface area contributed by atoms with Gasteiger partial charge in [0.1, 0.15) is 18.8 Å². The highest BCUT2D eigenvalue weighted by Gasteiger charge is 2.50. The van der Waals surface area contributed by atoms with Gasteiger partial charge in [-0.15, -0.1) is 0 Å². The molecular weight excluding hydrogens is 925 g/mol. The number of unbranched alkanes of at least 4 members (excludes halogenated alkanes) is 31. The van der Waals surface area contributed by atoms with E-state index in [1.54, 1.807) is 0 Å². The van der Waals surface area contributed by atoms with Crippen LogP contribution in [0.2, 0.25) is 0 Å². The second-order valence-electron chi connectivity index (χ2n) is 20.6. The van der Waals surface area contributed by atoms with Crippen molar-refractivity contribution in [2.24, 2.45) is 0 Å². The van der Waals surface area contributed by atoms with Crippen molar-refractivity contribution in [1.29, 1.82) is 0 Å². The summed E-state index contributed by atoms with van der Waals surface area (Å²) in [5, 5.41) is 31.5. The van der Waals surface area contributed by atoms with Crippen LogP contribution in [0.1, 0.15) is 278 Å². The van der Waals surface area contributed by atoms with E-state index in [0.29, 0.717) is 19.3 Å². The maximum absolute atomic E-state index is 13.1. The fourth-order valence-electron chi connectivity index (χ4n) is 9.04. The van der Waals surface area contributed by atoms with Crippen molar-refractivity contribution < 1.29 is 58.2 Å². The molecule has 0 radical (unpaired) electrons. The number of carboxylic acids is 1. The third-order valence-electron chi connectivity index (χ3n) is 13.7. The predicted molar refractivity (Wildman–Crippen MR) is 294 cm³/mol. The second-order valence-corrected chi connectivity index (χ2v) is 20.6. The van der Waals surface area contributed by atoms with Crippen LogP contribution in [0, 0.1) is 0 Å². The molecule has 0 saturated carbocycles. The first-order valence-corrected chi connectivity index (χ1v) is 30.0. The molecule has 424 valence electrons. The van der Waals surface area contributed by atoms with Gasteiger partial charge in [-0.1, -0.05) is 218 Å². The van der Waals surface area contributed by atoms with Gasteiger partial charge in [-0.25, -0.2) is 4.79 Å². The molecule has 0 aromatic heterocycles. The number of allylic oxidation sites excluding steroid dienone is 6. The minimum Gasteiger partial charge on any atom is -0.479 e. The van der Waals surface area contributed by atoms with Gasteiger partial charge in [-0.3, -0.25) is 14.4 Å². The van der Waals surface area contributed by atoms with Crippen molar-refractivity contribution in [2.45, 2.75) is 314 Å². The number of carbonyl (C=O) groups is 4. The van der Waals surface area contributed by atoms with E-state index < -0.39 is 67.3 Å². The Morgan fingerprint density at radius 2 is 0.822 bits per heavy atom. The number of esters is 3. The highest BCUT2D eigenvalue weighted by molar-refractivity contribution is 5.74. The van der Waals surface area contributed by atoms with Crippen LogP contribution in [-0.4, -0.2) is 89.2 Å². The largest absolute Gasteiger partial charge is 0.479 e. The zero-order chi connectivity index (χ0) is 53.3. The Labute approximate surface area is 444 Å². The highest BCUT2D eigenvalue weighted by Crippen LogP contribution is 2.26. The number of hydrogen-bond acceptors (Lipinski definition) is 11. The summed E-state index contributed by atoms with van der Waals surface area (Å²) in [6.07, 6.45) is 45.4. The number of aliphatic carboxylic acids is 1. The maximum atomic E-state index is 13.1. The highest BCUT2D eigenvalue weighted by atomic mass is 16.7. The van der Waals surface area contributed by atoms with Crippen molar-refractivity contribution in [2.75, 3.05) is 13.2 Å². The molecule has 3 N–H and O–H groups in total. The number of aliphatic hydroxyl groups excluding tert-OH is 2. The van der Waals surface area contributed by atoms with Gasteiger partial charge in [0.15, 0.2) is 24.6 Å². The summed E-state index contributed by atoms with van der Waals surface area (Å²) in [5.74, 6) is -3.12. The van der Waals surface area contributed by atoms with Crippen LogP contribution in [0.25, 0.3) is 0 Å². The van der Waals surface area contributed by atoms with Crippen molar-refractivity contribution in [3.8, 4) is 0 Å². The molecule has 0 bridgehead atoms. The molecule has 0 aromatic rings. The Hall–Kier alpha value is -3.06. The summed E-state index contributed by atoms with van der Waals surface area (Å²) in [7, 11) is 0. The molecule has 6 unspecified atom stereocenters. The van der Waals surface area contributed by atoms with Gasteiger partial charge in [-0.2, -0.15) is 0 Å². The smallest absolute Gasteiger partial charge is 0.335 e. The zero-order valence-electron chi connectivity index (χ0n) is 46.6. The summed E-state index contributed by atoms with van der Waals surface area (Å²) < 4.78 is 28.4. The molecule has 12 heteroatoms. The minimum absolute atomic E-state index is 0.0463. The van der Waals surface area contributed by atoms with E-state index in [1.807, 2.05) is 0 Å². The quantitative estimate of drug-likeness (QED) is 0.0228. The van der Waals surface area contributed by atoms with E-state index in [-0.39, 0.29) is 25.9 Å². The molecular formula is C61H108O12. The van der Waals surface area contributed by atoms with Crippen LogP contribution in [0.15, 0.2) is 36.5 Å². The topological polar surface area (TPSA) is 175 Å². The molecule has 1 heterocycles. The average Bonchev–Trinajstić information content (AvgIpc) is 3.37. The minimum atomic E-state index is -1.91. The van der Waals surface area contributed by atoms with Gasteiger partial charge < -0.3 is 39.0 Å². The van der Waals surface area contributed by atoms with Crippen molar-refractivity contribution in [3.63, 3.8) is 0 Å². The first kappa shape index (κ1) is 68.0. The summed E-state index contributed by atoms with van der Waals surface area (Å²) >= 11 is 0. The lowest BCUT2D eigenvalue weighted by molar-refractivity contribution is -0.301. The van der Waals surface area contributed by atoms with Gasteiger partial charge in [0.2, 0.25) is 0 Å². The third kappa shape index (κ3) is 39.9. The molecule has 6 atom stereocenters. The Morgan fingerprint density at radius 1 is 0.452 bits per heavy atom. The van der Waals surface area contributed by atoms with E-state index >= 15 is 0 Å². The second kappa shape index (κ2) is 49.8. The number of ether oxygens (including phenoxy) is 5. The maximum Gasteiger partial charge on any atom is 0.335 e. The monoisotopic (exact) mass is 1030 g/mol. The molecule has 1 aliphatic rings. The Kier molecular flexibility index (Phi) is 46.4. The van der Waals surface area contributed by atoms with E-state index in [2.05, 4.69) is 57.2 Å². The molecule has 12 nitrogen and oxygen atoms in total. The molecule has 1 aliphatic heterocycles. The number of rotatable bonds is 51. The summed E-state index contributed by atoms with van der Waals surface area (Å²) in [5.41, 5.74) is 0. The lowest BCUT2D eigenvalue weighted by Crippen LogP contribution is -2.61. The first-order valence-electron chi connectivity index (χ1n) is 30.0. The molecule has 0 spiro atoms. The molecule has 1 fully saturated rings. The van der Waals surface area contributed by atoms with E-state index in [4.69, 9.17) is 23.7 Å². The van der Waals surface area contributed by atoms with Gasteiger partial charge in [0.05, 0.1) is 6.61 Å². The zero-order valence-corrected chi connectivity index (χ0v) is 46.6. The lowest BCUT2D eigenvalue weighted by atomic mass is 9.98. The standard InChI is InChI=1S/C61H108O12/c1-4-7-10-13-16-19-22-25-27-30-32-35-38-41-44-47-53(62)69-50-52(71-54(63)48-45-42-39-36-33-29-24-21-18-15-12-9-6-3)51-70-61-59(57(66)56(65)58(73-61)60(67)68)72-55(64)49-46-43-40-37-34-31-28-26-23-20-17-14-11-8-5-2/h17,20-21,24,26,28,52,56-59,61,65-66H,4-16,18-19,22-23,25,27,29-51H2,1-3H3,(H,67,68)/b20-17-,24-21-,28-26-. The van der Waals surface area contributed by atoms with Gasteiger partial charge in [-0.05, 0) is 77.0 Å². The van der Waals surface area contributed by atoms with Crippen LogP contribution in [0.5, 0.6) is 0 Å². The summed E-state index contributed by atoms with van der Waals surface area (Å²) in [4.78, 5) is 51.1. The predicted octanol–water partition coefficient (Wildman–Crippen LogP) is 15.2. The van der Waals surface area contributed by atoms with Crippen LogP contribution in [0.4, 0.5) is 0 Å². The third-order valence-corrected chi connectivity index (χ3v) is 13.7. The van der Waals surface area contributed by atoms with Crippen molar-refractivity contribution >= 4 is 23.9 Å². The number of hydrogen-bond donors (Lipinski definition) is 3. The number of carbonyl (C=O) groups excluding carboxylic acids is 3. The fraction of sp³-hybridized carbons (Fsp3) is 0.836. The Balaban J connectivity index is 2.69. The van der Waals surface area contributed by atoms with Gasteiger partial charge >= 0.3 is 23.9 Å². The molecule has 1 rings (SSSR count). The van der Waals surface area contributed by atoms with Crippen LogP contribution < -0.4 is 0 Å². The molecule has 0 amide bonds. The van der Waals surface area contributed by atoms with Crippen LogP contribution in [0.3, 0.4) is 0 Å². The van der Waals surface area contributed by atoms with Crippen LogP contribution >= 0.6 is 0 Å². The van der Waals surface area contributed by atoms with E-state index in [0.717, 1.165) is 103 Å². The Bertz CT molecular complexity index is 1410. The van der Waals surface area contributed by atoms with E-state index in [9.17, 15) is 34.5 Å². The van der Waals surface area contributed by atoms with Gasteiger partial charge in [0.25, 0.3) is 0 Å². The lowest BCUT2D eigenvalue weighted by Gasteiger charge is -2.40. The first-order chi connectivity index (χ1) is 35.6. The number of carboxylic acid groups (broad SMARTS) is 1. The SMILES string of the molecule is CCCCC/C=C\C/C=C\CCCCCCCC(=O)OC1C(OCC(COC(=O)CCCCCCCCCCCCCCCCC)OC(=O)CCCCCCC/C=C\CCCCCC)OC(C(=O)O)C(O)C1O. The van der Waals surface area contributed by atoms with Crippen molar-refractivity contribution in [1.82, 2.24) is 0 Å². The normalized spacial score (nSPS) is 18.5. The molecule has 73 heavy (non-hydrogen) atoms. The summed E-state index contributed by atoms with van der Waals surface area (Å²) in [6, 6.07) is 0. The fourth-order valence-corrected chi connectivity index (χ4v) is 9.04.